The van der Waals surface area contributed by atoms with Crippen molar-refractivity contribution in [3.05, 3.63) is 23.5 Å². The Morgan fingerprint density at radius 2 is 2.20 bits per heavy atom. The fraction of sp³-hybridized carbons (Fsp3) is 0.765. The van der Waals surface area contributed by atoms with E-state index in [1.807, 2.05) is 0 Å². The average molecular weight is 276 g/mol. The van der Waals surface area contributed by atoms with Crippen molar-refractivity contribution >= 4 is 0 Å². The van der Waals surface area contributed by atoms with Crippen molar-refractivity contribution in [2.45, 2.75) is 52.2 Å². The molecule has 3 nitrogen and oxygen atoms in total. The molecule has 0 spiro atoms. The first kappa shape index (κ1) is 14.2. The van der Waals surface area contributed by atoms with Crippen LogP contribution in [0, 0.1) is 11.3 Å². The molecule has 1 saturated heterocycles. The lowest BCUT2D eigenvalue weighted by atomic mass is 9.75. The number of hydrogen-bond donors (Lipinski definition) is 1. The zero-order chi connectivity index (χ0) is 14.3. The number of nitrogens with zero attached hydrogens (tertiary/aromatic N) is 2. The van der Waals surface area contributed by atoms with Gasteiger partial charge in [0, 0.05) is 30.5 Å². The molecule has 1 N–H and O–H groups in total. The average Bonchev–Trinajstić information content (AvgIpc) is 2.71. The van der Waals surface area contributed by atoms with Gasteiger partial charge in [0.1, 0.15) is 0 Å². The van der Waals surface area contributed by atoms with E-state index in [1.165, 1.54) is 37.2 Å². The van der Waals surface area contributed by atoms with E-state index in [0.717, 1.165) is 25.3 Å². The molecule has 2 unspecified atom stereocenters. The zero-order valence-electron chi connectivity index (χ0n) is 13.1. The van der Waals surface area contributed by atoms with Gasteiger partial charge in [0.15, 0.2) is 0 Å². The predicted molar refractivity (Wildman–Crippen MR) is 81.7 cm³/mol. The number of aliphatic hydroxyl groups is 1. The normalized spacial score (nSPS) is 30.2. The maximum absolute atomic E-state index is 10.3. The smallest absolute Gasteiger partial charge is 0.0812 e. The molecule has 20 heavy (non-hydrogen) atoms. The van der Waals surface area contributed by atoms with Gasteiger partial charge in [-0.05, 0) is 56.7 Å². The first-order valence-electron chi connectivity index (χ1n) is 7.99. The van der Waals surface area contributed by atoms with Gasteiger partial charge in [0.25, 0.3) is 0 Å². The van der Waals surface area contributed by atoms with E-state index in [4.69, 9.17) is 0 Å². The molecular formula is C17H28N2O. The van der Waals surface area contributed by atoms with E-state index in [9.17, 15) is 5.11 Å². The molecule has 1 aromatic heterocycles. The first-order chi connectivity index (χ1) is 9.44. The summed E-state index contributed by atoms with van der Waals surface area (Å²) in [4.78, 5) is 2.45. The number of aromatic nitrogens is 1. The Balaban J connectivity index is 1.78. The fourth-order valence-corrected chi connectivity index (χ4v) is 4.06. The highest BCUT2D eigenvalue weighted by Crippen LogP contribution is 2.41. The molecule has 2 heterocycles. The minimum atomic E-state index is -0.274. The van der Waals surface area contributed by atoms with Crippen LogP contribution in [0.2, 0.25) is 0 Å². The summed E-state index contributed by atoms with van der Waals surface area (Å²) < 4.78 is 2.42. The Bertz CT molecular complexity index is 477. The second-order valence-electron chi connectivity index (χ2n) is 7.70. The number of fused-ring (bicyclic) bond motifs is 1. The molecular weight excluding hydrogens is 248 g/mol. The molecule has 0 radical (unpaired) electrons. The van der Waals surface area contributed by atoms with Gasteiger partial charge in [0.05, 0.1) is 6.10 Å². The Morgan fingerprint density at radius 1 is 1.40 bits per heavy atom. The van der Waals surface area contributed by atoms with Gasteiger partial charge < -0.3 is 14.6 Å². The summed E-state index contributed by atoms with van der Waals surface area (Å²) in [6, 6.07) is 2.14. The third-order valence-electron chi connectivity index (χ3n) is 5.04. The van der Waals surface area contributed by atoms with Crippen LogP contribution >= 0.6 is 0 Å². The molecule has 0 saturated carbocycles. The van der Waals surface area contributed by atoms with Gasteiger partial charge in [-0.2, -0.15) is 0 Å². The highest BCUT2D eigenvalue weighted by Gasteiger charge is 2.33. The van der Waals surface area contributed by atoms with Gasteiger partial charge in [-0.25, -0.2) is 0 Å². The Morgan fingerprint density at radius 3 is 2.95 bits per heavy atom. The quantitative estimate of drug-likeness (QED) is 0.899. The highest BCUT2D eigenvalue weighted by molar-refractivity contribution is 5.29. The van der Waals surface area contributed by atoms with Crippen molar-refractivity contribution in [3.63, 3.8) is 0 Å². The third-order valence-corrected chi connectivity index (χ3v) is 5.04. The zero-order valence-corrected chi connectivity index (χ0v) is 13.1. The molecule has 1 aliphatic carbocycles. The van der Waals surface area contributed by atoms with Crippen molar-refractivity contribution < 1.29 is 5.11 Å². The molecule has 1 fully saturated rings. The van der Waals surface area contributed by atoms with Crippen LogP contribution in [0.1, 0.15) is 50.5 Å². The fourth-order valence-electron chi connectivity index (χ4n) is 4.06. The van der Waals surface area contributed by atoms with Gasteiger partial charge in [-0.1, -0.05) is 13.8 Å². The van der Waals surface area contributed by atoms with Crippen molar-refractivity contribution in [2.24, 2.45) is 11.3 Å². The van der Waals surface area contributed by atoms with Crippen LogP contribution in [0.5, 0.6) is 0 Å². The molecule has 112 valence electrons. The van der Waals surface area contributed by atoms with Gasteiger partial charge in [-0.15, -0.1) is 0 Å². The molecule has 0 aromatic carbocycles. The molecule has 3 heteroatoms. The largest absolute Gasteiger partial charge is 0.388 e. The van der Waals surface area contributed by atoms with Crippen LogP contribution in [0.15, 0.2) is 12.3 Å². The van der Waals surface area contributed by atoms with E-state index in [-0.39, 0.29) is 11.5 Å². The van der Waals surface area contributed by atoms with E-state index < -0.39 is 0 Å². The standard InChI is InChI=1S/C17H28N2O/c1-17(2)9-15-14(16(20)10-17)6-8-19(15)12-13-5-4-7-18(3)11-13/h6,8,13,16,20H,4-5,7,9-12H2,1-3H3. The highest BCUT2D eigenvalue weighted by atomic mass is 16.3. The van der Waals surface area contributed by atoms with Gasteiger partial charge in [-0.3, -0.25) is 0 Å². The number of piperidine rings is 1. The lowest BCUT2D eigenvalue weighted by Crippen LogP contribution is -2.35. The van der Waals surface area contributed by atoms with Crippen molar-refractivity contribution in [1.82, 2.24) is 9.47 Å². The van der Waals surface area contributed by atoms with Crippen molar-refractivity contribution in [1.29, 1.82) is 0 Å². The molecule has 0 amide bonds. The van der Waals surface area contributed by atoms with E-state index >= 15 is 0 Å². The first-order valence-corrected chi connectivity index (χ1v) is 7.99. The number of rotatable bonds is 2. The van der Waals surface area contributed by atoms with Crippen molar-refractivity contribution in [3.8, 4) is 0 Å². The minimum absolute atomic E-state index is 0.214. The van der Waals surface area contributed by atoms with Crippen LogP contribution in [0.4, 0.5) is 0 Å². The Labute approximate surface area is 122 Å². The molecule has 2 atom stereocenters. The van der Waals surface area contributed by atoms with Crippen LogP contribution in [-0.4, -0.2) is 34.7 Å². The van der Waals surface area contributed by atoms with Gasteiger partial charge in [0.2, 0.25) is 0 Å². The second-order valence-corrected chi connectivity index (χ2v) is 7.70. The second kappa shape index (κ2) is 5.19. The lowest BCUT2D eigenvalue weighted by Gasteiger charge is -2.35. The monoisotopic (exact) mass is 276 g/mol. The summed E-state index contributed by atoms with van der Waals surface area (Å²) in [7, 11) is 2.23. The molecule has 0 bridgehead atoms. The summed E-state index contributed by atoms with van der Waals surface area (Å²) in [6.45, 7) is 8.10. The van der Waals surface area contributed by atoms with Gasteiger partial charge >= 0.3 is 0 Å². The Hall–Kier alpha value is -0.800. The number of hydrogen-bond acceptors (Lipinski definition) is 2. The van der Waals surface area contributed by atoms with Crippen LogP contribution in [0.3, 0.4) is 0 Å². The summed E-state index contributed by atoms with van der Waals surface area (Å²) in [5.41, 5.74) is 2.77. The minimum Gasteiger partial charge on any atom is -0.388 e. The topological polar surface area (TPSA) is 28.4 Å². The third kappa shape index (κ3) is 2.79. The lowest BCUT2D eigenvalue weighted by molar-refractivity contribution is 0.0971. The predicted octanol–water partition coefficient (Wildman–Crippen LogP) is 2.84. The molecule has 3 rings (SSSR count). The van der Waals surface area contributed by atoms with E-state index in [2.05, 4.69) is 42.6 Å². The Kier molecular flexibility index (Phi) is 3.67. The maximum atomic E-state index is 10.3. The number of aliphatic hydroxyl groups excluding tert-OH is 1. The summed E-state index contributed by atoms with van der Waals surface area (Å²) in [5, 5.41) is 10.3. The maximum Gasteiger partial charge on any atom is 0.0812 e. The van der Waals surface area contributed by atoms with E-state index in [1.54, 1.807) is 0 Å². The van der Waals surface area contributed by atoms with Crippen LogP contribution < -0.4 is 0 Å². The van der Waals surface area contributed by atoms with Crippen LogP contribution in [0.25, 0.3) is 0 Å². The van der Waals surface area contributed by atoms with E-state index in [0.29, 0.717) is 0 Å². The summed E-state index contributed by atoms with van der Waals surface area (Å²) >= 11 is 0. The summed E-state index contributed by atoms with van der Waals surface area (Å²) in [5.74, 6) is 0.757. The SMILES string of the molecule is CN1CCCC(Cn2ccc3c2CC(C)(C)CC3O)C1. The summed E-state index contributed by atoms with van der Waals surface area (Å²) in [6.07, 6.45) is 6.56. The molecule has 1 aromatic rings. The van der Waals surface area contributed by atoms with Crippen molar-refractivity contribution in [2.75, 3.05) is 20.1 Å². The molecule has 1 aliphatic heterocycles. The molecule has 2 aliphatic rings. The number of likely N-dealkylation sites (tertiary alicyclic amines) is 1. The van der Waals surface area contributed by atoms with Crippen LogP contribution in [-0.2, 0) is 13.0 Å².